The molecule has 0 aliphatic heterocycles. The Morgan fingerprint density at radius 3 is 2.39 bits per heavy atom. The Balaban J connectivity index is 2.56. The van der Waals surface area contributed by atoms with Crippen molar-refractivity contribution in [1.82, 2.24) is 4.90 Å². The summed E-state index contributed by atoms with van der Waals surface area (Å²) >= 11 is -0.0962. The van der Waals surface area contributed by atoms with Gasteiger partial charge in [-0.15, -0.1) is 0 Å². The zero-order valence-electron chi connectivity index (χ0n) is 10.1. The molecule has 1 aromatic rings. The number of carbonyl (C=O) groups is 1. The van der Waals surface area contributed by atoms with E-state index < -0.39 is 10.8 Å². The number of hydrogen-bond donors (Lipinski definition) is 0. The summed E-state index contributed by atoms with van der Waals surface area (Å²) < 4.78 is 36.4. The molecule has 0 spiro atoms. The van der Waals surface area contributed by atoms with E-state index in [4.69, 9.17) is 0 Å². The summed E-state index contributed by atoms with van der Waals surface area (Å²) in [6.45, 7) is 1.50. The summed E-state index contributed by atoms with van der Waals surface area (Å²) in [6.07, 6.45) is 0. The molecule has 0 fully saturated rings. The highest BCUT2D eigenvalue weighted by atomic mass is 32.2. The normalized spacial score (nSPS) is 13.2. The van der Waals surface area contributed by atoms with Crippen LogP contribution in [0.4, 0.5) is 13.2 Å². The van der Waals surface area contributed by atoms with Crippen LogP contribution >= 0.6 is 11.8 Å². The van der Waals surface area contributed by atoms with Crippen molar-refractivity contribution in [2.75, 3.05) is 13.6 Å². The van der Waals surface area contributed by atoms with Gasteiger partial charge in [0, 0.05) is 24.4 Å². The molecule has 1 amide bonds. The molecule has 0 aromatic heterocycles. The molecule has 0 saturated carbocycles. The first kappa shape index (κ1) is 14.9. The van der Waals surface area contributed by atoms with Crippen molar-refractivity contribution in [2.45, 2.75) is 17.7 Å². The second-order valence-corrected chi connectivity index (χ2v) is 5.43. The van der Waals surface area contributed by atoms with E-state index in [1.165, 1.54) is 18.9 Å². The molecule has 1 atom stereocenters. The molecular weight excluding hydrogens is 263 g/mol. The van der Waals surface area contributed by atoms with Crippen molar-refractivity contribution < 1.29 is 18.0 Å². The minimum Gasteiger partial charge on any atom is -0.341 e. The quantitative estimate of drug-likeness (QED) is 0.840. The minimum atomic E-state index is -4.27. The number of nitrogens with zero attached hydrogens (tertiary/aromatic N) is 1. The Morgan fingerprint density at radius 1 is 1.33 bits per heavy atom. The molecule has 1 unspecified atom stereocenters. The first-order chi connectivity index (χ1) is 8.29. The molecule has 100 valence electrons. The number of alkyl halides is 3. The fourth-order valence-corrected chi connectivity index (χ4v) is 2.29. The second kappa shape index (κ2) is 6.13. The van der Waals surface area contributed by atoms with Gasteiger partial charge < -0.3 is 4.90 Å². The van der Waals surface area contributed by atoms with Crippen molar-refractivity contribution in [3.8, 4) is 0 Å². The number of carbonyl (C=O) groups excluding carboxylic acids is 1. The highest BCUT2D eigenvalue weighted by molar-refractivity contribution is 8.00. The highest BCUT2D eigenvalue weighted by Crippen LogP contribution is 2.33. The molecule has 0 heterocycles. The molecular formula is C12H14F3NOS. The maximum absolute atomic E-state index is 12.1. The fourth-order valence-electron chi connectivity index (χ4n) is 1.54. The Morgan fingerprint density at radius 2 is 1.89 bits per heavy atom. The van der Waals surface area contributed by atoms with Crippen molar-refractivity contribution in [1.29, 1.82) is 0 Å². The molecule has 1 rings (SSSR count). The molecule has 0 saturated heterocycles. The molecule has 0 radical (unpaired) electrons. The van der Waals surface area contributed by atoms with Gasteiger partial charge in [-0.25, -0.2) is 0 Å². The van der Waals surface area contributed by atoms with Gasteiger partial charge in [-0.2, -0.15) is 13.2 Å². The summed E-state index contributed by atoms with van der Waals surface area (Å²) in [5, 5.41) is -0.692. The number of benzene rings is 1. The SMILES string of the molecule is CC(CN(C)C(=O)c1ccccc1)SC(F)(F)F. The van der Waals surface area contributed by atoms with E-state index >= 15 is 0 Å². The van der Waals surface area contributed by atoms with E-state index in [1.54, 1.807) is 30.3 Å². The van der Waals surface area contributed by atoms with Crippen LogP contribution in [0.25, 0.3) is 0 Å². The van der Waals surface area contributed by atoms with E-state index in [0.29, 0.717) is 5.56 Å². The van der Waals surface area contributed by atoms with Crippen molar-refractivity contribution in [3.63, 3.8) is 0 Å². The van der Waals surface area contributed by atoms with E-state index in [0.717, 1.165) is 0 Å². The van der Waals surface area contributed by atoms with Gasteiger partial charge in [-0.05, 0) is 23.9 Å². The van der Waals surface area contributed by atoms with Crippen molar-refractivity contribution >= 4 is 17.7 Å². The van der Waals surface area contributed by atoms with Gasteiger partial charge >= 0.3 is 5.51 Å². The Kier molecular flexibility index (Phi) is 5.07. The standard InChI is InChI=1S/C12H14F3NOS/c1-9(18-12(13,14)15)8-16(2)11(17)10-6-4-3-5-7-10/h3-7,9H,8H2,1-2H3. The average Bonchev–Trinajstić information content (AvgIpc) is 2.26. The third-order valence-electron chi connectivity index (χ3n) is 2.23. The zero-order chi connectivity index (χ0) is 13.8. The third kappa shape index (κ3) is 5.00. The maximum Gasteiger partial charge on any atom is 0.442 e. The van der Waals surface area contributed by atoms with Crippen LogP contribution in [0.5, 0.6) is 0 Å². The van der Waals surface area contributed by atoms with Gasteiger partial charge in [0.2, 0.25) is 0 Å². The van der Waals surface area contributed by atoms with Crippen LogP contribution in [0.1, 0.15) is 17.3 Å². The lowest BCUT2D eigenvalue weighted by Gasteiger charge is -2.22. The second-order valence-electron chi connectivity index (χ2n) is 3.93. The Bertz CT molecular complexity index is 394. The van der Waals surface area contributed by atoms with Crippen LogP contribution in [0.15, 0.2) is 30.3 Å². The predicted molar refractivity (Wildman–Crippen MR) is 66.5 cm³/mol. The average molecular weight is 277 g/mol. The van der Waals surface area contributed by atoms with Crippen LogP contribution in [0.2, 0.25) is 0 Å². The van der Waals surface area contributed by atoms with Crippen molar-refractivity contribution in [3.05, 3.63) is 35.9 Å². The van der Waals surface area contributed by atoms with Gasteiger partial charge in [0.25, 0.3) is 5.91 Å². The van der Waals surface area contributed by atoms with E-state index in [2.05, 4.69) is 0 Å². The fraction of sp³-hybridized carbons (Fsp3) is 0.417. The predicted octanol–water partition coefficient (Wildman–Crippen LogP) is 3.40. The van der Waals surface area contributed by atoms with Gasteiger partial charge in [0.15, 0.2) is 0 Å². The first-order valence-corrected chi connectivity index (χ1v) is 6.22. The number of halogens is 3. The summed E-state index contributed by atoms with van der Waals surface area (Å²) in [5.41, 5.74) is -3.79. The third-order valence-corrected chi connectivity index (χ3v) is 3.05. The number of hydrogen-bond acceptors (Lipinski definition) is 2. The topological polar surface area (TPSA) is 20.3 Å². The number of thioether (sulfide) groups is 1. The summed E-state index contributed by atoms with van der Waals surface area (Å²) in [5.74, 6) is -0.273. The molecule has 0 N–H and O–H groups in total. The van der Waals surface area contributed by atoms with Crippen LogP contribution in [0, 0.1) is 0 Å². The first-order valence-electron chi connectivity index (χ1n) is 5.34. The van der Waals surface area contributed by atoms with Gasteiger partial charge in [-0.3, -0.25) is 4.79 Å². The molecule has 6 heteroatoms. The highest BCUT2D eigenvalue weighted by Gasteiger charge is 2.32. The zero-order valence-corrected chi connectivity index (χ0v) is 10.9. The van der Waals surface area contributed by atoms with Crippen LogP contribution in [-0.2, 0) is 0 Å². The van der Waals surface area contributed by atoms with Gasteiger partial charge in [-0.1, -0.05) is 25.1 Å². The molecule has 0 aliphatic carbocycles. The van der Waals surface area contributed by atoms with Crippen molar-refractivity contribution in [2.24, 2.45) is 0 Å². The Labute approximate surface area is 108 Å². The van der Waals surface area contributed by atoms with E-state index in [9.17, 15) is 18.0 Å². The largest absolute Gasteiger partial charge is 0.442 e. The smallest absolute Gasteiger partial charge is 0.341 e. The lowest BCUT2D eigenvalue weighted by Crippen LogP contribution is -2.33. The lowest BCUT2D eigenvalue weighted by molar-refractivity contribution is -0.0334. The minimum absolute atomic E-state index is 0.0535. The van der Waals surface area contributed by atoms with Crippen LogP contribution in [-0.4, -0.2) is 35.2 Å². The maximum atomic E-state index is 12.1. The van der Waals surface area contributed by atoms with Gasteiger partial charge in [0.05, 0.1) is 0 Å². The molecule has 1 aromatic carbocycles. The lowest BCUT2D eigenvalue weighted by atomic mass is 10.2. The van der Waals surface area contributed by atoms with E-state index in [-0.39, 0.29) is 24.2 Å². The molecule has 2 nitrogen and oxygen atoms in total. The Hall–Kier alpha value is -1.17. The van der Waals surface area contributed by atoms with Crippen LogP contribution < -0.4 is 0 Å². The number of rotatable bonds is 4. The van der Waals surface area contributed by atoms with Crippen LogP contribution in [0.3, 0.4) is 0 Å². The summed E-state index contributed by atoms with van der Waals surface area (Å²) in [7, 11) is 1.50. The molecule has 0 aliphatic rings. The monoisotopic (exact) mass is 277 g/mol. The number of amides is 1. The summed E-state index contributed by atoms with van der Waals surface area (Å²) in [4.78, 5) is 13.2. The molecule has 18 heavy (non-hydrogen) atoms. The summed E-state index contributed by atoms with van der Waals surface area (Å²) in [6, 6.07) is 8.49. The van der Waals surface area contributed by atoms with E-state index in [1.807, 2.05) is 0 Å². The van der Waals surface area contributed by atoms with Gasteiger partial charge in [0.1, 0.15) is 0 Å². The molecule has 0 bridgehead atoms.